The molecule has 23 heteroatoms. The SMILES string of the molecule is CCCN(C(=O)C[C@@H](C)CC)C(C[C@@H](OC(C)=O)c1nc(C(=O)N[C@@H](Cc2ccc(NC(=O)[C@H](CCCNC(N)=O)NC(=O)C(NC(=O)CCCCCN3C(=O)CC(S)C3=O)C(C)C)cc2)C[C@H](C)C(=O)O)cs1)C(C)C. The van der Waals surface area contributed by atoms with Crippen LogP contribution in [0.3, 0.4) is 0 Å². The normalized spacial score (nSPS) is 16.2. The maximum absolute atomic E-state index is 13.9. The molecule has 0 radical (unpaired) electrons. The van der Waals surface area contributed by atoms with E-state index in [2.05, 4.69) is 44.2 Å². The lowest BCUT2D eigenvalue weighted by Crippen LogP contribution is -2.54. The monoisotopic (exact) mass is 1110 g/mol. The molecule has 1 aromatic heterocycles. The van der Waals surface area contributed by atoms with Gasteiger partial charge in [-0.1, -0.05) is 80.4 Å². The molecule has 1 aliphatic rings. The number of carboxylic acids is 1. The van der Waals surface area contributed by atoms with E-state index < -0.39 is 71.1 Å². The Morgan fingerprint density at radius 3 is 2.17 bits per heavy atom. The third-order valence-corrected chi connectivity index (χ3v) is 14.8. The number of unbranched alkanes of at least 4 members (excludes halogenated alkanes) is 2. The van der Waals surface area contributed by atoms with Crippen molar-refractivity contribution in [3.63, 3.8) is 0 Å². The number of esters is 1. The molecule has 1 aromatic carbocycles. The van der Waals surface area contributed by atoms with Gasteiger partial charge in [0.1, 0.15) is 22.8 Å². The van der Waals surface area contributed by atoms with Crippen LogP contribution >= 0.6 is 24.0 Å². The van der Waals surface area contributed by atoms with Crippen LogP contribution < -0.4 is 32.3 Å². The number of likely N-dealkylation sites (tertiary alicyclic amines) is 1. The van der Waals surface area contributed by atoms with Gasteiger partial charge in [-0.05, 0) is 80.4 Å². The van der Waals surface area contributed by atoms with Gasteiger partial charge in [0, 0.05) is 75.4 Å². The van der Waals surface area contributed by atoms with Crippen molar-refractivity contribution in [1.82, 2.24) is 36.1 Å². The number of benzene rings is 1. The second-order valence-corrected chi connectivity index (χ2v) is 22.3. The lowest BCUT2D eigenvalue weighted by atomic mass is 9.94. The number of amides is 9. The summed E-state index contributed by atoms with van der Waals surface area (Å²) in [6.07, 6.45) is 3.71. The maximum Gasteiger partial charge on any atom is 0.312 e. The minimum atomic E-state index is -1.11. The number of carbonyl (C=O) groups is 10. The van der Waals surface area contributed by atoms with Crippen molar-refractivity contribution in [3.05, 3.63) is 45.9 Å². The summed E-state index contributed by atoms with van der Waals surface area (Å²) in [6.45, 7) is 17.3. The average Bonchev–Trinajstić information content (AvgIpc) is 3.95. The van der Waals surface area contributed by atoms with Crippen LogP contribution in [0, 0.1) is 23.7 Å². The number of hydrogen-bond donors (Lipinski definition) is 8. The van der Waals surface area contributed by atoms with Gasteiger partial charge >= 0.3 is 18.0 Å². The number of aromatic nitrogens is 1. The molecule has 9 amide bonds. The van der Waals surface area contributed by atoms with Crippen molar-refractivity contribution in [3.8, 4) is 0 Å². The number of anilines is 1. The molecule has 0 aliphatic carbocycles. The lowest BCUT2D eigenvalue weighted by molar-refractivity contribution is -0.149. The van der Waals surface area contributed by atoms with Crippen LogP contribution in [0.2, 0.25) is 0 Å². The first kappa shape index (κ1) is 65.2. The van der Waals surface area contributed by atoms with Gasteiger partial charge in [0.25, 0.3) is 5.91 Å². The van der Waals surface area contributed by atoms with Crippen LogP contribution in [0.4, 0.5) is 10.5 Å². The number of carboxylic acid groups (broad SMARTS) is 1. The van der Waals surface area contributed by atoms with E-state index in [-0.39, 0.29) is 111 Å². The Morgan fingerprint density at radius 2 is 1.60 bits per heavy atom. The molecule has 1 aliphatic heterocycles. The second-order valence-electron chi connectivity index (χ2n) is 20.8. The highest BCUT2D eigenvalue weighted by Gasteiger charge is 2.36. The number of nitrogens with zero attached hydrogens (tertiary/aromatic N) is 3. The fraction of sp³-hybridized carbons (Fsp3) is 0.648. The molecule has 2 aromatic rings. The van der Waals surface area contributed by atoms with E-state index in [0.717, 1.165) is 24.2 Å². The fourth-order valence-corrected chi connectivity index (χ4v) is 10.0. The van der Waals surface area contributed by atoms with E-state index in [9.17, 15) is 53.1 Å². The van der Waals surface area contributed by atoms with Crippen LogP contribution in [-0.4, -0.2) is 128 Å². The van der Waals surface area contributed by atoms with E-state index in [1.54, 1.807) is 43.5 Å². The summed E-state index contributed by atoms with van der Waals surface area (Å²) in [4.78, 5) is 136. The smallest absolute Gasteiger partial charge is 0.312 e. The number of nitrogens with one attached hydrogen (secondary N) is 5. The molecular formula is C54H83N9O12S2. The number of thiol groups is 1. The van der Waals surface area contributed by atoms with E-state index in [1.807, 2.05) is 39.5 Å². The van der Waals surface area contributed by atoms with Crippen molar-refractivity contribution in [1.29, 1.82) is 0 Å². The Morgan fingerprint density at radius 1 is 0.909 bits per heavy atom. The zero-order valence-electron chi connectivity index (χ0n) is 46.2. The summed E-state index contributed by atoms with van der Waals surface area (Å²) in [5, 5.41) is 24.9. The molecule has 2 heterocycles. The molecule has 0 saturated carbocycles. The van der Waals surface area contributed by atoms with E-state index in [1.165, 1.54) is 18.7 Å². The number of urea groups is 1. The van der Waals surface area contributed by atoms with Crippen molar-refractivity contribution >= 4 is 89.0 Å². The van der Waals surface area contributed by atoms with Crippen LogP contribution in [0.5, 0.6) is 0 Å². The number of primary amides is 1. The molecule has 8 N–H and O–H groups in total. The molecule has 3 unspecified atom stereocenters. The first-order chi connectivity index (χ1) is 36.3. The van der Waals surface area contributed by atoms with Gasteiger partial charge in [-0.2, -0.15) is 12.6 Å². The zero-order valence-corrected chi connectivity index (χ0v) is 47.9. The van der Waals surface area contributed by atoms with Crippen molar-refractivity contribution in [2.75, 3.05) is 25.0 Å². The maximum atomic E-state index is 13.9. The average molecular weight is 1110 g/mol. The number of rotatable bonds is 34. The van der Waals surface area contributed by atoms with Crippen LogP contribution in [0.1, 0.15) is 167 Å². The fourth-order valence-electron chi connectivity index (χ4n) is 8.87. The van der Waals surface area contributed by atoms with Gasteiger partial charge in [-0.15, -0.1) is 11.3 Å². The predicted molar refractivity (Wildman–Crippen MR) is 295 cm³/mol. The zero-order chi connectivity index (χ0) is 57.5. The molecule has 3 rings (SSSR count). The standard InChI is InChI=1S/C54H83N9O12S2/c1-10-23-62(45(66)25-33(7)11-2)41(31(3)4)28-42(75-35(9)64)51-60-40(30-77-51)49(69)58-38(26-34(8)53(72)73)27-36-18-20-37(21-19-36)57-48(68)39(16-15-22-56-54(55)74)59-50(70)47(32(5)6)61-44(65)17-13-12-14-24-63-46(67)29-43(76)52(63)71/h18-21,30-34,38-39,41-43,47,76H,10-17,22-29H2,1-9H3,(H,57,68)(H,58,69)(H,59,70)(H,61,65)(H,72,73)(H3,55,56,74)/t33-,34-,38+,39-,41?,42+,43?,47?/m0/s1. The summed E-state index contributed by atoms with van der Waals surface area (Å²) >= 11 is 5.29. The van der Waals surface area contributed by atoms with Gasteiger partial charge in [-0.25, -0.2) is 9.78 Å². The minimum Gasteiger partial charge on any atom is -0.481 e. The summed E-state index contributed by atoms with van der Waals surface area (Å²) in [5.41, 5.74) is 6.34. The lowest BCUT2D eigenvalue weighted by Gasteiger charge is -2.36. The highest BCUT2D eigenvalue weighted by molar-refractivity contribution is 7.81. The molecule has 21 nitrogen and oxygen atoms in total. The third kappa shape index (κ3) is 22.0. The molecule has 428 valence electrons. The summed E-state index contributed by atoms with van der Waals surface area (Å²) in [5.74, 6) is -5.27. The van der Waals surface area contributed by atoms with Crippen LogP contribution in [-0.2, 0) is 49.5 Å². The second kappa shape index (κ2) is 32.6. The number of imide groups is 1. The van der Waals surface area contributed by atoms with Crippen molar-refractivity contribution < 1.29 is 57.8 Å². The Hall–Kier alpha value is -6.10. The predicted octanol–water partition coefficient (Wildman–Crippen LogP) is 5.92. The molecular weight excluding hydrogens is 1030 g/mol. The summed E-state index contributed by atoms with van der Waals surface area (Å²) < 4.78 is 5.80. The number of carbonyl (C=O) groups excluding carboxylic acids is 9. The minimum absolute atomic E-state index is 0.0108. The third-order valence-electron chi connectivity index (χ3n) is 13.4. The number of nitrogens with two attached hydrogens (primary N) is 1. The van der Waals surface area contributed by atoms with Crippen LogP contribution in [0.15, 0.2) is 29.6 Å². The number of thiazole rings is 1. The van der Waals surface area contributed by atoms with Crippen molar-refractivity contribution in [2.24, 2.45) is 29.4 Å². The first-order valence-electron chi connectivity index (χ1n) is 26.9. The summed E-state index contributed by atoms with van der Waals surface area (Å²) in [7, 11) is 0. The molecule has 77 heavy (non-hydrogen) atoms. The molecule has 0 spiro atoms. The molecule has 8 atom stereocenters. The summed E-state index contributed by atoms with van der Waals surface area (Å²) in [6, 6.07) is 2.85. The highest BCUT2D eigenvalue weighted by atomic mass is 32.1. The largest absolute Gasteiger partial charge is 0.481 e. The number of ether oxygens (including phenoxy) is 1. The first-order valence-corrected chi connectivity index (χ1v) is 28.3. The van der Waals surface area contributed by atoms with E-state index in [0.29, 0.717) is 48.5 Å². The number of aliphatic carboxylic acids is 1. The van der Waals surface area contributed by atoms with Gasteiger partial charge in [0.05, 0.1) is 11.2 Å². The highest BCUT2D eigenvalue weighted by Crippen LogP contribution is 2.32. The Kier molecular flexibility index (Phi) is 27.6. The van der Waals surface area contributed by atoms with Crippen molar-refractivity contribution in [2.45, 2.75) is 181 Å². The topological polar surface area (TPSA) is 306 Å². The Bertz CT molecular complexity index is 2330. The number of hydrogen-bond acceptors (Lipinski definition) is 14. The Labute approximate surface area is 462 Å². The van der Waals surface area contributed by atoms with E-state index in [4.69, 9.17) is 10.5 Å². The van der Waals surface area contributed by atoms with Gasteiger partial charge < -0.3 is 47.1 Å². The Balaban J connectivity index is 1.73. The molecule has 1 saturated heterocycles. The van der Waals surface area contributed by atoms with Gasteiger partial charge in [0.15, 0.2) is 6.10 Å². The molecule has 1 fully saturated rings. The van der Waals surface area contributed by atoms with E-state index >= 15 is 0 Å². The van der Waals surface area contributed by atoms with Gasteiger partial charge in [-0.3, -0.25) is 48.1 Å². The van der Waals surface area contributed by atoms with Gasteiger partial charge in [0.2, 0.25) is 35.4 Å². The quantitative estimate of drug-likeness (QED) is 0.0175. The molecule has 0 bridgehead atoms. The van der Waals surface area contributed by atoms with Crippen LogP contribution in [0.25, 0.3) is 0 Å².